The van der Waals surface area contributed by atoms with Crippen molar-refractivity contribution < 1.29 is 0 Å². The molecule has 84 valence electrons. The molecule has 0 amide bonds. The van der Waals surface area contributed by atoms with E-state index in [1.165, 1.54) is 17.1 Å². The van der Waals surface area contributed by atoms with Crippen LogP contribution in [0.25, 0.3) is 11.3 Å². The molecule has 0 aliphatic rings. The predicted molar refractivity (Wildman–Crippen MR) is 67.3 cm³/mol. The van der Waals surface area contributed by atoms with Crippen molar-refractivity contribution in [1.82, 2.24) is 9.59 Å². The fraction of sp³-hybridized carbons (Fsp3) is 0.333. The summed E-state index contributed by atoms with van der Waals surface area (Å²) in [6.45, 7) is 2.11. The summed E-state index contributed by atoms with van der Waals surface area (Å²) < 4.78 is 3.85. The average Bonchev–Trinajstić information content (AvgIpc) is 2.83. The van der Waals surface area contributed by atoms with Crippen molar-refractivity contribution in [3.8, 4) is 11.3 Å². The minimum atomic E-state index is 0.256. The third kappa shape index (κ3) is 2.65. The first-order chi connectivity index (χ1) is 7.79. The van der Waals surface area contributed by atoms with E-state index in [0.29, 0.717) is 0 Å². The molecular formula is C12H15N3S. The quantitative estimate of drug-likeness (QED) is 0.882. The highest BCUT2D eigenvalue weighted by Crippen LogP contribution is 2.18. The Morgan fingerprint density at radius 3 is 2.62 bits per heavy atom. The number of benzene rings is 1. The second-order valence-corrected chi connectivity index (χ2v) is 4.47. The van der Waals surface area contributed by atoms with Crippen LogP contribution in [0.15, 0.2) is 29.6 Å². The maximum absolute atomic E-state index is 5.92. The van der Waals surface area contributed by atoms with E-state index in [1.807, 2.05) is 5.38 Å². The van der Waals surface area contributed by atoms with Gasteiger partial charge in [-0.2, -0.15) is 0 Å². The minimum absolute atomic E-state index is 0.256. The lowest BCUT2D eigenvalue weighted by molar-refractivity contribution is 0.646. The molecule has 0 saturated carbocycles. The van der Waals surface area contributed by atoms with Crippen LogP contribution < -0.4 is 5.73 Å². The molecule has 2 N–H and O–H groups in total. The number of rotatable bonds is 4. The third-order valence-electron chi connectivity index (χ3n) is 2.63. The third-order valence-corrected chi connectivity index (χ3v) is 3.14. The van der Waals surface area contributed by atoms with E-state index in [2.05, 4.69) is 40.8 Å². The van der Waals surface area contributed by atoms with Gasteiger partial charge in [-0.15, -0.1) is 5.10 Å². The van der Waals surface area contributed by atoms with Crippen molar-refractivity contribution in [1.29, 1.82) is 0 Å². The smallest absolute Gasteiger partial charge is 0.105 e. The summed E-state index contributed by atoms with van der Waals surface area (Å²) in [5, 5.41) is 5.99. The van der Waals surface area contributed by atoms with E-state index in [0.717, 1.165) is 24.1 Å². The van der Waals surface area contributed by atoms with Crippen LogP contribution in [0.1, 0.15) is 18.9 Å². The average molecular weight is 233 g/mol. The van der Waals surface area contributed by atoms with E-state index < -0.39 is 0 Å². The first-order valence-corrected chi connectivity index (χ1v) is 6.25. The van der Waals surface area contributed by atoms with Crippen LogP contribution >= 0.6 is 11.5 Å². The first-order valence-electron chi connectivity index (χ1n) is 5.41. The van der Waals surface area contributed by atoms with Crippen molar-refractivity contribution in [3.05, 3.63) is 35.2 Å². The van der Waals surface area contributed by atoms with Gasteiger partial charge < -0.3 is 5.73 Å². The Labute approximate surface area is 99.5 Å². The van der Waals surface area contributed by atoms with Crippen LogP contribution in [0.2, 0.25) is 0 Å². The number of hydrogen-bond donors (Lipinski definition) is 1. The van der Waals surface area contributed by atoms with E-state index in [-0.39, 0.29) is 6.04 Å². The highest BCUT2D eigenvalue weighted by molar-refractivity contribution is 7.03. The molecule has 3 nitrogen and oxygen atoms in total. The highest BCUT2D eigenvalue weighted by atomic mass is 32.1. The zero-order chi connectivity index (χ0) is 11.4. The van der Waals surface area contributed by atoms with Crippen molar-refractivity contribution >= 4 is 11.5 Å². The fourth-order valence-corrected chi connectivity index (χ4v) is 2.01. The minimum Gasteiger partial charge on any atom is -0.327 e. The molecule has 1 aromatic carbocycles. The normalized spacial score (nSPS) is 12.6. The maximum Gasteiger partial charge on any atom is 0.105 e. The number of nitrogens with two attached hydrogens (primary N) is 1. The van der Waals surface area contributed by atoms with Gasteiger partial charge in [0.1, 0.15) is 5.69 Å². The molecule has 0 radical (unpaired) electrons. The summed E-state index contributed by atoms with van der Waals surface area (Å²) in [7, 11) is 0. The van der Waals surface area contributed by atoms with Gasteiger partial charge in [-0.1, -0.05) is 35.7 Å². The van der Waals surface area contributed by atoms with Crippen molar-refractivity contribution in [2.45, 2.75) is 25.8 Å². The molecule has 1 unspecified atom stereocenters. The Morgan fingerprint density at radius 1 is 1.31 bits per heavy atom. The lowest BCUT2D eigenvalue weighted by Crippen LogP contribution is -2.21. The first kappa shape index (κ1) is 11.2. The molecular weight excluding hydrogens is 218 g/mol. The molecule has 4 heteroatoms. The molecule has 0 saturated heterocycles. The largest absolute Gasteiger partial charge is 0.327 e. The van der Waals surface area contributed by atoms with Crippen molar-refractivity contribution in [3.63, 3.8) is 0 Å². The van der Waals surface area contributed by atoms with E-state index >= 15 is 0 Å². The topological polar surface area (TPSA) is 51.8 Å². The summed E-state index contributed by atoms with van der Waals surface area (Å²) in [6.07, 6.45) is 1.95. The number of aromatic nitrogens is 2. The van der Waals surface area contributed by atoms with E-state index in [4.69, 9.17) is 5.73 Å². The monoisotopic (exact) mass is 233 g/mol. The molecule has 16 heavy (non-hydrogen) atoms. The summed E-state index contributed by atoms with van der Waals surface area (Å²) in [5.41, 5.74) is 9.25. The summed E-state index contributed by atoms with van der Waals surface area (Å²) in [5.74, 6) is 0. The van der Waals surface area contributed by atoms with E-state index in [9.17, 15) is 0 Å². The number of nitrogens with zero attached hydrogens (tertiary/aromatic N) is 2. The van der Waals surface area contributed by atoms with Crippen LogP contribution in [0.5, 0.6) is 0 Å². The molecule has 2 aromatic rings. The van der Waals surface area contributed by atoms with Gasteiger partial charge in [-0.05, 0) is 29.9 Å². The molecule has 0 spiro atoms. The van der Waals surface area contributed by atoms with Gasteiger partial charge in [0, 0.05) is 17.0 Å². The predicted octanol–water partition coefficient (Wildman–Crippen LogP) is 2.48. The van der Waals surface area contributed by atoms with Gasteiger partial charge in [-0.3, -0.25) is 0 Å². The Kier molecular flexibility index (Phi) is 3.64. The van der Waals surface area contributed by atoms with Crippen LogP contribution in [0, 0.1) is 0 Å². The van der Waals surface area contributed by atoms with Gasteiger partial charge in [0.25, 0.3) is 0 Å². The van der Waals surface area contributed by atoms with E-state index in [1.54, 1.807) is 0 Å². The molecule has 2 rings (SSSR count). The van der Waals surface area contributed by atoms with Gasteiger partial charge >= 0.3 is 0 Å². The lowest BCUT2D eigenvalue weighted by atomic mass is 10.0. The molecule has 0 fully saturated rings. The fourth-order valence-electron chi connectivity index (χ4n) is 1.55. The number of hydrogen-bond acceptors (Lipinski definition) is 4. The Morgan fingerprint density at radius 2 is 2.06 bits per heavy atom. The van der Waals surface area contributed by atoms with Gasteiger partial charge in [-0.25, -0.2) is 0 Å². The van der Waals surface area contributed by atoms with Crippen LogP contribution in [-0.2, 0) is 6.42 Å². The maximum atomic E-state index is 5.92. The summed E-state index contributed by atoms with van der Waals surface area (Å²) >= 11 is 1.37. The van der Waals surface area contributed by atoms with Gasteiger partial charge in [0.05, 0.1) is 0 Å². The molecule has 1 aromatic heterocycles. The zero-order valence-electron chi connectivity index (χ0n) is 9.26. The SMILES string of the molecule is CCC(N)Cc1ccc(-c2csnn2)cc1. The van der Waals surface area contributed by atoms with Crippen LogP contribution in [0.3, 0.4) is 0 Å². The molecule has 0 aliphatic heterocycles. The Bertz CT molecular complexity index is 422. The molecule has 0 bridgehead atoms. The summed E-state index contributed by atoms with van der Waals surface area (Å²) in [4.78, 5) is 0. The second kappa shape index (κ2) is 5.18. The highest BCUT2D eigenvalue weighted by Gasteiger charge is 2.03. The molecule has 1 atom stereocenters. The lowest BCUT2D eigenvalue weighted by Gasteiger charge is -2.08. The van der Waals surface area contributed by atoms with Gasteiger partial charge in [0.2, 0.25) is 0 Å². The van der Waals surface area contributed by atoms with Crippen molar-refractivity contribution in [2.24, 2.45) is 5.73 Å². The summed E-state index contributed by atoms with van der Waals surface area (Å²) in [6, 6.07) is 8.64. The standard InChI is InChI=1S/C12H15N3S/c1-2-11(13)7-9-3-5-10(6-4-9)12-8-16-15-14-12/h3-6,8,11H,2,7,13H2,1H3. The Hall–Kier alpha value is -1.26. The zero-order valence-corrected chi connectivity index (χ0v) is 10.1. The van der Waals surface area contributed by atoms with Gasteiger partial charge in [0.15, 0.2) is 0 Å². The van der Waals surface area contributed by atoms with Crippen LogP contribution in [-0.4, -0.2) is 15.6 Å². The second-order valence-electron chi connectivity index (χ2n) is 3.86. The molecule has 0 aliphatic carbocycles. The van der Waals surface area contributed by atoms with Crippen LogP contribution in [0.4, 0.5) is 0 Å². The van der Waals surface area contributed by atoms with Crippen molar-refractivity contribution in [2.75, 3.05) is 0 Å². The Balaban J connectivity index is 2.11. The molecule has 1 heterocycles.